The maximum atomic E-state index is 12.2. The first-order valence-electron chi connectivity index (χ1n) is 3.90. The Morgan fingerprint density at radius 3 is 2.93 bits per heavy atom. The second kappa shape index (κ2) is 4.12. The summed E-state index contributed by atoms with van der Waals surface area (Å²) in [7, 11) is 0. The SMILES string of the molecule is FC(F)Cn1nc(I)c2ncc(Cl)nc21. The summed E-state index contributed by atoms with van der Waals surface area (Å²) in [5.74, 6) is 0. The van der Waals surface area contributed by atoms with Crippen LogP contribution in [-0.2, 0) is 6.54 Å². The van der Waals surface area contributed by atoms with E-state index in [0.717, 1.165) is 4.68 Å². The van der Waals surface area contributed by atoms with Gasteiger partial charge in [0.15, 0.2) is 9.35 Å². The molecule has 0 spiro atoms. The van der Waals surface area contributed by atoms with Crippen LogP contribution in [0.15, 0.2) is 6.20 Å². The van der Waals surface area contributed by atoms with Crippen molar-refractivity contribution in [2.75, 3.05) is 0 Å². The number of halogens is 4. The molecule has 15 heavy (non-hydrogen) atoms. The van der Waals surface area contributed by atoms with Gasteiger partial charge in [-0.1, -0.05) is 11.6 Å². The van der Waals surface area contributed by atoms with Crippen molar-refractivity contribution in [3.05, 3.63) is 15.1 Å². The molecule has 0 aliphatic rings. The van der Waals surface area contributed by atoms with Gasteiger partial charge in [-0.2, -0.15) is 5.10 Å². The van der Waals surface area contributed by atoms with Crippen LogP contribution in [-0.4, -0.2) is 26.2 Å². The highest BCUT2D eigenvalue weighted by atomic mass is 127. The van der Waals surface area contributed by atoms with Gasteiger partial charge >= 0.3 is 0 Å². The van der Waals surface area contributed by atoms with E-state index in [1.54, 1.807) is 0 Å². The minimum Gasteiger partial charge on any atom is -0.247 e. The van der Waals surface area contributed by atoms with Crippen molar-refractivity contribution in [3.8, 4) is 0 Å². The van der Waals surface area contributed by atoms with Gasteiger partial charge < -0.3 is 0 Å². The van der Waals surface area contributed by atoms with E-state index in [1.807, 2.05) is 22.6 Å². The van der Waals surface area contributed by atoms with Crippen molar-refractivity contribution in [2.24, 2.45) is 0 Å². The first kappa shape index (κ1) is 10.9. The maximum absolute atomic E-state index is 12.2. The summed E-state index contributed by atoms with van der Waals surface area (Å²) in [6.07, 6.45) is -1.12. The Morgan fingerprint density at radius 1 is 1.53 bits per heavy atom. The molecule has 0 aromatic carbocycles. The van der Waals surface area contributed by atoms with E-state index in [0.29, 0.717) is 9.22 Å². The average molecular weight is 344 g/mol. The second-order valence-electron chi connectivity index (χ2n) is 2.73. The molecule has 0 atom stereocenters. The fourth-order valence-electron chi connectivity index (χ4n) is 1.14. The molecule has 0 fully saturated rings. The van der Waals surface area contributed by atoms with Crippen LogP contribution in [0.2, 0.25) is 5.15 Å². The third-order valence-electron chi connectivity index (χ3n) is 1.68. The van der Waals surface area contributed by atoms with Gasteiger partial charge in [-0.25, -0.2) is 23.4 Å². The topological polar surface area (TPSA) is 43.6 Å². The standard InChI is InChI=1S/C7H4ClF2IN4/c8-3-1-12-5-6(11)14-15(2-4(9)10)7(5)13-3/h1,4H,2H2. The monoisotopic (exact) mass is 344 g/mol. The maximum Gasteiger partial charge on any atom is 0.258 e. The predicted octanol–water partition coefficient (Wildman–Crippen LogP) is 2.35. The van der Waals surface area contributed by atoms with Gasteiger partial charge in [0, 0.05) is 0 Å². The van der Waals surface area contributed by atoms with Crippen molar-refractivity contribution < 1.29 is 8.78 Å². The predicted molar refractivity (Wildman–Crippen MR) is 59.1 cm³/mol. The molecule has 0 N–H and O–H groups in total. The normalized spacial score (nSPS) is 11.5. The fraction of sp³-hybridized carbons (Fsp3) is 0.286. The van der Waals surface area contributed by atoms with Crippen LogP contribution in [0.4, 0.5) is 8.78 Å². The van der Waals surface area contributed by atoms with Crippen molar-refractivity contribution in [1.82, 2.24) is 19.7 Å². The van der Waals surface area contributed by atoms with Gasteiger partial charge in [-0.3, -0.25) is 0 Å². The van der Waals surface area contributed by atoms with Crippen LogP contribution in [0, 0.1) is 3.70 Å². The van der Waals surface area contributed by atoms with Gasteiger partial charge in [0.05, 0.1) is 6.20 Å². The third-order valence-corrected chi connectivity index (χ3v) is 2.59. The molecule has 80 valence electrons. The number of hydrogen-bond acceptors (Lipinski definition) is 3. The molecular weight excluding hydrogens is 340 g/mol. The second-order valence-corrected chi connectivity index (χ2v) is 4.14. The van der Waals surface area contributed by atoms with Crippen LogP contribution in [0.5, 0.6) is 0 Å². The molecule has 0 saturated heterocycles. The van der Waals surface area contributed by atoms with Gasteiger partial charge in [0.1, 0.15) is 17.2 Å². The fourth-order valence-corrected chi connectivity index (χ4v) is 1.91. The molecule has 2 rings (SSSR count). The number of fused-ring (bicyclic) bond motifs is 1. The van der Waals surface area contributed by atoms with Crippen LogP contribution in [0.3, 0.4) is 0 Å². The molecular formula is C7H4ClF2IN4. The van der Waals surface area contributed by atoms with Crippen molar-refractivity contribution in [2.45, 2.75) is 13.0 Å². The molecule has 0 saturated carbocycles. The smallest absolute Gasteiger partial charge is 0.247 e. The minimum absolute atomic E-state index is 0.161. The zero-order chi connectivity index (χ0) is 11.0. The lowest BCUT2D eigenvalue weighted by atomic mass is 10.5. The number of nitrogens with zero attached hydrogens (tertiary/aromatic N) is 4. The van der Waals surface area contributed by atoms with Crippen LogP contribution in [0.1, 0.15) is 0 Å². The van der Waals surface area contributed by atoms with E-state index in [9.17, 15) is 8.78 Å². The molecule has 0 radical (unpaired) electrons. The first-order chi connectivity index (χ1) is 7.08. The lowest BCUT2D eigenvalue weighted by molar-refractivity contribution is 0.123. The summed E-state index contributed by atoms with van der Waals surface area (Å²) in [5.41, 5.74) is 0.771. The molecule has 2 aromatic rings. The molecule has 0 amide bonds. The van der Waals surface area contributed by atoms with Crippen LogP contribution >= 0.6 is 34.2 Å². The Bertz CT molecular complexity index is 501. The Hall–Kier alpha value is -0.570. The quantitative estimate of drug-likeness (QED) is 0.786. The Morgan fingerprint density at radius 2 is 2.27 bits per heavy atom. The summed E-state index contributed by atoms with van der Waals surface area (Å²) in [4.78, 5) is 7.89. The van der Waals surface area contributed by atoms with Crippen LogP contribution < -0.4 is 0 Å². The molecule has 2 heterocycles. The summed E-state index contributed by atoms with van der Waals surface area (Å²) in [6, 6.07) is 0. The Kier molecular flexibility index (Phi) is 3.01. The number of aromatic nitrogens is 4. The van der Waals surface area contributed by atoms with E-state index in [-0.39, 0.29) is 10.8 Å². The van der Waals surface area contributed by atoms with Gasteiger partial charge in [-0.15, -0.1) is 0 Å². The van der Waals surface area contributed by atoms with Gasteiger partial charge in [0.2, 0.25) is 0 Å². The Labute approximate surface area is 102 Å². The Balaban J connectivity index is 2.59. The average Bonchev–Trinajstić information content (AvgIpc) is 2.42. The lowest BCUT2D eigenvalue weighted by Gasteiger charge is -2.00. The van der Waals surface area contributed by atoms with E-state index < -0.39 is 13.0 Å². The third kappa shape index (κ3) is 2.17. The molecule has 0 aliphatic heterocycles. The zero-order valence-corrected chi connectivity index (χ0v) is 10.1. The highest BCUT2D eigenvalue weighted by Gasteiger charge is 2.14. The molecule has 8 heteroatoms. The summed E-state index contributed by atoms with van der Waals surface area (Å²) in [5, 5.41) is 4.07. The largest absolute Gasteiger partial charge is 0.258 e. The molecule has 0 bridgehead atoms. The number of alkyl halides is 2. The lowest BCUT2D eigenvalue weighted by Crippen LogP contribution is -2.08. The summed E-state index contributed by atoms with van der Waals surface area (Å²) >= 11 is 7.55. The molecule has 2 aromatic heterocycles. The van der Waals surface area contributed by atoms with Crippen LogP contribution in [0.25, 0.3) is 11.2 Å². The zero-order valence-electron chi connectivity index (χ0n) is 7.16. The van der Waals surface area contributed by atoms with E-state index in [1.165, 1.54) is 6.20 Å². The van der Waals surface area contributed by atoms with Gasteiger partial charge in [-0.05, 0) is 22.6 Å². The number of hydrogen-bond donors (Lipinski definition) is 0. The van der Waals surface area contributed by atoms with E-state index in [4.69, 9.17) is 11.6 Å². The van der Waals surface area contributed by atoms with Crippen molar-refractivity contribution in [1.29, 1.82) is 0 Å². The van der Waals surface area contributed by atoms with E-state index in [2.05, 4.69) is 15.1 Å². The minimum atomic E-state index is -2.48. The van der Waals surface area contributed by atoms with Crippen molar-refractivity contribution >= 4 is 45.4 Å². The van der Waals surface area contributed by atoms with Crippen molar-refractivity contribution in [3.63, 3.8) is 0 Å². The van der Waals surface area contributed by atoms with E-state index >= 15 is 0 Å². The highest BCUT2D eigenvalue weighted by Crippen LogP contribution is 2.18. The molecule has 0 unspecified atom stereocenters. The summed E-state index contributed by atoms with van der Waals surface area (Å²) in [6.45, 7) is -0.505. The molecule has 0 aliphatic carbocycles. The highest BCUT2D eigenvalue weighted by molar-refractivity contribution is 14.1. The molecule has 4 nitrogen and oxygen atoms in total. The summed E-state index contributed by atoms with van der Waals surface area (Å²) < 4.78 is 26.1. The first-order valence-corrected chi connectivity index (χ1v) is 5.36. The van der Waals surface area contributed by atoms with Gasteiger partial charge in [0.25, 0.3) is 6.43 Å². The number of rotatable bonds is 2.